The Hall–Kier alpha value is -2.67. The van der Waals surface area contributed by atoms with Crippen molar-refractivity contribution in [2.75, 3.05) is 6.61 Å². The van der Waals surface area contributed by atoms with E-state index in [2.05, 4.69) is 22.1 Å². The van der Waals surface area contributed by atoms with Crippen LogP contribution in [0, 0.1) is 0 Å². The Bertz CT molecular complexity index is 1350. The van der Waals surface area contributed by atoms with E-state index < -0.39 is 0 Å². The largest absolute Gasteiger partial charge is 0.462 e. The number of rotatable bonds is 5. The van der Waals surface area contributed by atoms with Gasteiger partial charge in [0.05, 0.1) is 17.9 Å². The minimum Gasteiger partial charge on any atom is -0.462 e. The van der Waals surface area contributed by atoms with E-state index in [1.807, 2.05) is 49.4 Å². The maximum atomic E-state index is 12.9. The topological polar surface area (TPSA) is 43.6 Å². The van der Waals surface area contributed by atoms with Crippen LogP contribution in [0.1, 0.15) is 40.6 Å². The highest BCUT2D eigenvalue weighted by atomic mass is 35.5. The number of aromatic nitrogens is 1. The number of halogens is 1. The minimum atomic E-state index is -0.270. The molecule has 0 saturated carbocycles. The van der Waals surface area contributed by atoms with Crippen molar-refractivity contribution < 1.29 is 9.53 Å². The number of hydrogen-bond donors (Lipinski definition) is 0. The molecule has 0 radical (unpaired) electrons. The lowest BCUT2D eigenvalue weighted by Crippen LogP contribution is -2.14. The van der Waals surface area contributed by atoms with E-state index in [9.17, 15) is 4.79 Å². The van der Waals surface area contributed by atoms with E-state index in [1.165, 1.54) is 4.88 Å². The zero-order valence-electron chi connectivity index (χ0n) is 18.2. The molecule has 2 heterocycles. The molecule has 0 N–H and O–H groups in total. The van der Waals surface area contributed by atoms with Crippen molar-refractivity contribution in [2.24, 2.45) is 4.99 Å². The first-order valence-electron chi connectivity index (χ1n) is 11.0. The third-order valence-corrected chi connectivity index (χ3v) is 7.96. The average Bonchev–Trinajstić information content (AvgIpc) is 3.42. The summed E-state index contributed by atoms with van der Waals surface area (Å²) in [6, 6.07) is 18.0. The maximum absolute atomic E-state index is 12.9. The molecule has 0 bridgehead atoms. The van der Waals surface area contributed by atoms with Crippen molar-refractivity contribution in [1.82, 2.24) is 4.57 Å². The summed E-state index contributed by atoms with van der Waals surface area (Å²) < 4.78 is 7.55. The summed E-state index contributed by atoms with van der Waals surface area (Å²) in [6.07, 6.45) is 4.15. The van der Waals surface area contributed by atoms with Gasteiger partial charge in [0.2, 0.25) is 0 Å². The predicted octanol–water partition coefficient (Wildman–Crippen LogP) is 7.21. The van der Waals surface area contributed by atoms with Crippen molar-refractivity contribution >= 4 is 45.2 Å². The van der Waals surface area contributed by atoms with E-state index in [1.54, 1.807) is 22.7 Å². The van der Waals surface area contributed by atoms with Crippen LogP contribution in [0.15, 0.2) is 65.0 Å². The van der Waals surface area contributed by atoms with Gasteiger partial charge in [-0.25, -0.2) is 9.79 Å². The van der Waals surface area contributed by atoms with Crippen LogP contribution in [0.2, 0.25) is 5.02 Å². The number of fused-ring (bicyclic) bond motifs is 1. The van der Waals surface area contributed by atoms with Crippen LogP contribution < -0.4 is 4.80 Å². The van der Waals surface area contributed by atoms with Crippen molar-refractivity contribution in [3.8, 4) is 16.9 Å². The van der Waals surface area contributed by atoms with E-state index in [0.29, 0.717) is 17.2 Å². The van der Waals surface area contributed by atoms with Crippen molar-refractivity contribution in [3.05, 3.63) is 85.8 Å². The van der Waals surface area contributed by atoms with Gasteiger partial charge in [-0.15, -0.1) is 22.7 Å². The van der Waals surface area contributed by atoms with Gasteiger partial charge < -0.3 is 4.74 Å². The minimum absolute atomic E-state index is 0.270. The number of ether oxygens (including phenoxy) is 1. The number of carbonyl (C=O) groups excluding carboxylic acids is 1. The molecule has 168 valence electrons. The predicted molar refractivity (Wildman–Crippen MR) is 136 cm³/mol. The zero-order chi connectivity index (χ0) is 22.8. The third-order valence-electron chi connectivity index (χ3n) is 5.69. The van der Waals surface area contributed by atoms with Gasteiger partial charge in [0.25, 0.3) is 0 Å². The van der Waals surface area contributed by atoms with Gasteiger partial charge in [0.15, 0.2) is 4.80 Å². The SMILES string of the molecule is CCOC(=O)c1c(/N=c2\scc(-c3ccccc3)n2-c2ccc(Cl)cc2)sc2c1CCCC2. The number of thiophene rings is 1. The first-order valence-corrected chi connectivity index (χ1v) is 13.1. The second kappa shape index (κ2) is 9.67. The normalized spacial score (nSPS) is 13.7. The number of thiazole rings is 1. The Morgan fingerprint density at radius 3 is 2.61 bits per heavy atom. The number of hydrogen-bond acceptors (Lipinski definition) is 5. The summed E-state index contributed by atoms with van der Waals surface area (Å²) in [6.45, 7) is 2.19. The second-order valence-corrected chi connectivity index (χ2v) is 10.2. The summed E-state index contributed by atoms with van der Waals surface area (Å²) >= 11 is 9.35. The Morgan fingerprint density at radius 2 is 1.85 bits per heavy atom. The molecule has 0 spiro atoms. The Kier molecular flexibility index (Phi) is 6.49. The zero-order valence-corrected chi connectivity index (χ0v) is 20.6. The molecule has 4 nitrogen and oxygen atoms in total. The van der Waals surface area contributed by atoms with E-state index in [4.69, 9.17) is 21.3 Å². The molecule has 4 aromatic rings. The summed E-state index contributed by atoms with van der Waals surface area (Å²) in [4.78, 5) is 20.0. The first kappa shape index (κ1) is 22.1. The van der Waals surface area contributed by atoms with Gasteiger partial charge >= 0.3 is 5.97 Å². The molecule has 1 aliphatic carbocycles. The van der Waals surface area contributed by atoms with Gasteiger partial charge in [-0.05, 0) is 68.0 Å². The molecule has 33 heavy (non-hydrogen) atoms. The van der Waals surface area contributed by atoms with Crippen molar-refractivity contribution in [2.45, 2.75) is 32.6 Å². The van der Waals surface area contributed by atoms with Crippen molar-refractivity contribution in [3.63, 3.8) is 0 Å². The Balaban J connectivity index is 1.73. The number of benzene rings is 2. The number of aryl methyl sites for hydroxylation is 1. The summed E-state index contributed by atoms with van der Waals surface area (Å²) in [5, 5.41) is 3.54. The molecule has 0 fully saturated rings. The highest BCUT2D eigenvalue weighted by molar-refractivity contribution is 7.16. The van der Waals surface area contributed by atoms with Crippen molar-refractivity contribution in [1.29, 1.82) is 0 Å². The fraction of sp³-hybridized carbons (Fsp3) is 0.231. The molecule has 0 unspecified atom stereocenters. The quantitative estimate of drug-likeness (QED) is 0.275. The second-order valence-electron chi connectivity index (χ2n) is 7.80. The fourth-order valence-corrected chi connectivity index (χ4v) is 6.51. The van der Waals surface area contributed by atoms with E-state index in [-0.39, 0.29) is 5.97 Å². The number of carbonyl (C=O) groups is 1. The highest BCUT2D eigenvalue weighted by Crippen LogP contribution is 2.40. The maximum Gasteiger partial charge on any atom is 0.341 e. The van der Waals surface area contributed by atoms with Crippen LogP contribution in [-0.4, -0.2) is 17.1 Å². The smallest absolute Gasteiger partial charge is 0.341 e. The molecule has 0 amide bonds. The molecule has 0 atom stereocenters. The standard InChI is InChI=1S/C26H23ClN2O2S2/c1-2-31-25(30)23-20-10-6-7-11-22(20)33-24(23)28-26-29(19-14-12-18(27)13-15-19)21(16-32-26)17-8-4-3-5-9-17/h3-5,8-9,12-16H,2,6-7,10-11H2,1H3/b28-26-. The molecule has 2 aromatic carbocycles. The van der Waals surface area contributed by atoms with Gasteiger partial charge in [-0.3, -0.25) is 4.57 Å². The molecule has 1 aliphatic rings. The van der Waals surface area contributed by atoms with Crippen LogP contribution in [0.4, 0.5) is 5.00 Å². The molecular weight excluding hydrogens is 472 g/mol. The van der Waals surface area contributed by atoms with Crippen LogP contribution in [-0.2, 0) is 17.6 Å². The van der Waals surface area contributed by atoms with Gasteiger partial charge in [-0.1, -0.05) is 41.9 Å². The molecule has 2 aromatic heterocycles. The molecule has 0 aliphatic heterocycles. The number of nitrogens with zero attached hydrogens (tertiary/aromatic N) is 2. The summed E-state index contributed by atoms with van der Waals surface area (Å²) in [5.41, 5.74) is 4.88. The van der Waals surface area contributed by atoms with Gasteiger partial charge in [0, 0.05) is 21.0 Å². The number of esters is 1. The highest BCUT2D eigenvalue weighted by Gasteiger charge is 2.26. The van der Waals surface area contributed by atoms with Gasteiger partial charge in [-0.2, -0.15) is 0 Å². The molecular formula is C26H23ClN2O2S2. The lowest BCUT2D eigenvalue weighted by atomic mass is 9.95. The summed E-state index contributed by atoms with van der Waals surface area (Å²) in [7, 11) is 0. The van der Waals surface area contributed by atoms with E-state index >= 15 is 0 Å². The van der Waals surface area contributed by atoms with Crippen LogP contribution in [0.25, 0.3) is 16.9 Å². The monoisotopic (exact) mass is 494 g/mol. The van der Waals surface area contributed by atoms with Crippen LogP contribution in [0.5, 0.6) is 0 Å². The molecule has 0 saturated heterocycles. The van der Waals surface area contributed by atoms with Gasteiger partial charge in [0.1, 0.15) is 5.00 Å². The fourth-order valence-electron chi connectivity index (χ4n) is 4.17. The third kappa shape index (κ3) is 4.43. The molecule has 5 rings (SSSR count). The lowest BCUT2D eigenvalue weighted by Gasteiger charge is -2.12. The average molecular weight is 495 g/mol. The van der Waals surface area contributed by atoms with Crippen LogP contribution >= 0.6 is 34.3 Å². The Labute approximate surface area is 205 Å². The van der Waals surface area contributed by atoms with Crippen LogP contribution in [0.3, 0.4) is 0 Å². The first-order chi connectivity index (χ1) is 16.2. The lowest BCUT2D eigenvalue weighted by molar-refractivity contribution is 0.0526. The van der Waals surface area contributed by atoms with E-state index in [0.717, 1.165) is 58.0 Å². The molecule has 7 heteroatoms. The summed E-state index contributed by atoms with van der Waals surface area (Å²) in [5.74, 6) is -0.270. The Morgan fingerprint density at radius 1 is 1.09 bits per heavy atom.